The summed E-state index contributed by atoms with van der Waals surface area (Å²) in [5.74, 6) is 1.65. The first-order valence-corrected chi connectivity index (χ1v) is 12.1. The lowest BCUT2D eigenvalue weighted by Crippen LogP contribution is -2.56. The van der Waals surface area contributed by atoms with Crippen LogP contribution in [-0.2, 0) is 10.2 Å². The molecule has 9 nitrogen and oxygen atoms in total. The van der Waals surface area contributed by atoms with Crippen LogP contribution in [0.5, 0.6) is 0 Å². The fourth-order valence-corrected chi connectivity index (χ4v) is 7.82. The predicted molar refractivity (Wildman–Crippen MR) is 103 cm³/mol. The Morgan fingerprint density at radius 2 is 1.79 bits per heavy atom. The van der Waals surface area contributed by atoms with E-state index in [-0.39, 0.29) is 30.1 Å². The fourth-order valence-electron chi connectivity index (χ4n) is 5.70. The highest BCUT2D eigenvalue weighted by atomic mass is 32.2. The average Bonchev–Trinajstić information content (AvgIpc) is 3.42. The largest absolute Gasteiger partial charge is 0.360 e. The van der Waals surface area contributed by atoms with E-state index in [0.717, 1.165) is 31.4 Å². The Balaban J connectivity index is 1.11. The third-order valence-corrected chi connectivity index (χ3v) is 9.64. The van der Waals surface area contributed by atoms with Gasteiger partial charge in [0.05, 0.1) is 0 Å². The Hall–Kier alpha value is -1.49. The third-order valence-electron chi connectivity index (χ3n) is 7.56. The van der Waals surface area contributed by atoms with Crippen molar-refractivity contribution in [2.24, 2.45) is 17.6 Å². The molecular weight excluding hydrogens is 394 g/mol. The van der Waals surface area contributed by atoms with Gasteiger partial charge in [-0.1, -0.05) is 5.16 Å². The van der Waals surface area contributed by atoms with Gasteiger partial charge in [-0.05, 0) is 50.4 Å². The normalized spacial score (nSPS) is 39.5. The van der Waals surface area contributed by atoms with Crippen molar-refractivity contribution in [1.82, 2.24) is 19.1 Å². The van der Waals surface area contributed by atoms with Crippen molar-refractivity contribution in [3.8, 4) is 0 Å². The number of carbonyl (C=O) groups excluding carboxylic acids is 1. The minimum Gasteiger partial charge on any atom is -0.360 e. The first-order chi connectivity index (χ1) is 13.9. The molecule has 1 amide bonds. The highest BCUT2D eigenvalue weighted by Crippen LogP contribution is 2.47. The lowest BCUT2D eigenvalue weighted by Gasteiger charge is -2.40. The summed E-state index contributed by atoms with van der Waals surface area (Å²) in [5, 5.41) is 6.97. The number of nitrogens with zero attached hydrogens (tertiary/aromatic N) is 3. The topological polar surface area (TPSA) is 122 Å². The molecule has 3 saturated heterocycles. The predicted octanol–water partition coefficient (Wildman–Crippen LogP) is 0.411. The molecule has 3 unspecified atom stereocenters. The second-order valence-corrected chi connectivity index (χ2v) is 11.3. The monoisotopic (exact) mass is 421 g/mol. The molecule has 3 N–H and O–H groups in total. The van der Waals surface area contributed by atoms with E-state index in [2.05, 4.69) is 10.5 Å². The summed E-state index contributed by atoms with van der Waals surface area (Å²) in [7, 11) is -3.46. The van der Waals surface area contributed by atoms with E-state index < -0.39 is 10.2 Å². The van der Waals surface area contributed by atoms with Crippen molar-refractivity contribution in [3.05, 3.63) is 17.5 Å². The Kier molecular flexibility index (Phi) is 3.95. The molecule has 10 heteroatoms. The van der Waals surface area contributed by atoms with E-state index in [1.807, 2.05) is 0 Å². The molecule has 3 aliphatic heterocycles. The molecule has 4 heterocycles. The van der Waals surface area contributed by atoms with E-state index in [1.54, 1.807) is 14.7 Å². The van der Waals surface area contributed by atoms with E-state index in [4.69, 9.17) is 10.3 Å². The smallest absolute Gasteiger partial charge is 0.282 e. The molecule has 2 bridgehead atoms. The van der Waals surface area contributed by atoms with Crippen molar-refractivity contribution < 1.29 is 17.7 Å². The molecule has 6 rings (SSSR count). The quantitative estimate of drug-likeness (QED) is 0.710. The van der Waals surface area contributed by atoms with Gasteiger partial charge < -0.3 is 15.6 Å². The van der Waals surface area contributed by atoms with E-state index >= 15 is 0 Å². The average molecular weight is 422 g/mol. The Morgan fingerprint density at radius 3 is 2.41 bits per heavy atom. The van der Waals surface area contributed by atoms with Crippen LogP contribution in [0, 0.1) is 11.8 Å². The molecule has 5 atom stereocenters. The number of nitrogens with one attached hydrogen (secondary N) is 1. The van der Waals surface area contributed by atoms with Crippen molar-refractivity contribution in [1.29, 1.82) is 0 Å². The SMILES string of the molecule is NC1C2CN(S(=O)(=O)N3[C@@H]4CC[C@H]3CC(NC(=O)c3cc(C5CC5)on3)C4)CC12. The van der Waals surface area contributed by atoms with Gasteiger partial charge in [0.1, 0.15) is 5.76 Å². The number of hydrogen-bond donors (Lipinski definition) is 2. The van der Waals surface area contributed by atoms with Gasteiger partial charge in [0.25, 0.3) is 16.1 Å². The molecule has 0 spiro atoms. The van der Waals surface area contributed by atoms with Crippen LogP contribution in [0.2, 0.25) is 0 Å². The minimum absolute atomic E-state index is 0.0343. The number of amides is 1. The maximum Gasteiger partial charge on any atom is 0.282 e. The fraction of sp³-hybridized carbons (Fsp3) is 0.789. The van der Waals surface area contributed by atoms with E-state index in [9.17, 15) is 13.2 Å². The van der Waals surface area contributed by atoms with Gasteiger partial charge in [0.2, 0.25) is 0 Å². The summed E-state index contributed by atoms with van der Waals surface area (Å²) >= 11 is 0. The maximum atomic E-state index is 13.2. The first kappa shape index (κ1) is 18.3. The molecule has 2 saturated carbocycles. The molecule has 5 aliphatic rings. The first-order valence-electron chi connectivity index (χ1n) is 10.7. The van der Waals surface area contributed by atoms with Crippen molar-refractivity contribution in [2.45, 2.75) is 68.6 Å². The Morgan fingerprint density at radius 1 is 1.14 bits per heavy atom. The van der Waals surface area contributed by atoms with Crippen LogP contribution < -0.4 is 11.1 Å². The van der Waals surface area contributed by atoms with Gasteiger partial charge in [0.15, 0.2) is 5.69 Å². The van der Waals surface area contributed by atoms with Crippen LogP contribution in [-0.4, -0.2) is 65.3 Å². The standard InChI is InChI=1S/C19H27N5O4S/c20-18-14-8-23(9-15(14)18)29(26,27)24-12-3-4-13(24)6-11(5-12)21-19(25)16-7-17(28-22-16)10-1-2-10/h7,10-15,18H,1-6,8-9,20H2,(H,21,25)/t11?,12-,13+,14?,15?,18?. The number of carbonyl (C=O) groups is 1. The summed E-state index contributed by atoms with van der Waals surface area (Å²) < 4.78 is 35.1. The molecule has 158 valence electrons. The zero-order valence-electron chi connectivity index (χ0n) is 16.2. The van der Waals surface area contributed by atoms with Crippen LogP contribution in [0.1, 0.15) is 60.7 Å². The summed E-state index contributed by atoms with van der Waals surface area (Å²) in [4.78, 5) is 12.6. The number of rotatable bonds is 5. The Bertz CT molecular complexity index is 918. The maximum absolute atomic E-state index is 13.2. The van der Waals surface area contributed by atoms with Gasteiger partial charge in [-0.25, -0.2) is 0 Å². The van der Waals surface area contributed by atoms with Gasteiger partial charge in [-0.3, -0.25) is 4.79 Å². The summed E-state index contributed by atoms with van der Waals surface area (Å²) in [6.07, 6.45) is 5.19. The van der Waals surface area contributed by atoms with Crippen LogP contribution in [0.3, 0.4) is 0 Å². The molecule has 1 aromatic heterocycles. The van der Waals surface area contributed by atoms with E-state index in [1.165, 1.54) is 0 Å². The zero-order chi connectivity index (χ0) is 19.9. The zero-order valence-corrected chi connectivity index (χ0v) is 17.1. The highest BCUT2D eigenvalue weighted by molar-refractivity contribution is 7.86. The van der Waals surface area contributed by atoms with Crippen molar-refractivity contribution in [2.75, 3.05) is 13.1 Å². The van der Waals surface area contributed by atoms with Crippen molar-refractivity contribution in [3.63, 3.8) is 0 Å². The van der Waals surface area contributed by atoms with Gasteiger partial charge in [-0.15, -0.1) is 0 Å². The molecule has 2 aliphatic carbocycles. The summed E-state index contributed by atoms with van der Waals surface area (Å²) in [6.45, 7) is 1.11. The second kappa shape index (κ2) is 6.26. The number of aromatic nitrogens is 1. The molecule has 1 aromatic rings. The molecule has 5 fully saturated rings. The lowest BCUT2D eigenvalue weighted by atomic mass is 9.99. The van der Waals surface area contributed by atoms with Crippen LogP contribution in [0.4, 0.5) is 0 Å². The second-order valence-electron chi connectivity index (χ2n) is 9.48. The number of nitrogens with two attached hydrogens (primary N) is 1. The number of fused-ring (bicyclic) bond motifs is 3. The van der Waals surface area contributed by atoms with Crippen molar-refractivity contribution >= 4 is 16.1 Å². The summed E-state index contributed by atoms with van der Waals surface area (Å²) in [6, 6.07) is 1.79. The van der Waals surface area contributed by atoms with Gasteiger partial charge in [-0.2, -0.15) is 17.0 Å². The van der Waals surface area contributed by atoms with Gasteiger partial charge in [0, 0.05) is 49.2 Å². The molecule has 29 heavy (non-hydrogen) atoms. The molecule has 0 aromatic carbocycles. The minimum atomic E-state index is -3.46. The van der Waals surface area contributed by atoms with E-state index in [0.29, 0.717) is 49.4 Å². The highest BCUT2D eigenvalue weighted by Gasteiger charge is 2.58. The lowest BCUT2D eigenvalue weighted by molar-refractivity contribution is 0.0898. The van der Waals surface area contributed by atoms with Crippen LogP contribution >= 0.6 is 0 Å². The van der Waals surface area contributed by atoms with Crippen LogP contribution in [0.25, 0.3) is 0 Å². The summed E-state index contributed by atoms with van der Waals surface area (Å²) in [5.41, 5.74) is 6.29. The van der Waals surface area contributed by atoms with Crippen LogP contribution in [0.15, 0.2) is 10.6 Å². The Labute approximate surface area is 170 Å². The number of hydrogen-bond acceptors (Lipinski definition) is 6. The third kappa shape index (κ3) is 2.95. The number of piperidine rings is 2. The van der Waals surface area contributed by atoms with Gasteiger partial charge >= 0.3 is 0 Å². The molecule has 0 radical (unpaired) electrons. The molecular formula is C19H27N5O4S.